The van der Waals surface area contributed by atoms with Gasteiger partial charge in [-0.3, -0.25) is 0 Å². The number of hydrogen-bond acceptors (Lipinski definition) is 5. The third kappa shape index (κ3) is 3.11. The normalized spacial score (nSPS) is 16.6. The lowest BCUT2D eigenvalue weighted by molar-refractivity contribution is 0.0685. The van der Waals surface area contributed by atoms with Crippen LogP contribution in [0.15, 0.2) is 10.8 Å². The van der Waals surface area contributed by atoms with Crippen LogP contribution in [0.4, 0.5) is 11.6 Å². The largest absolute Gasteiger partial charge is 0.381 e. The minimum Gasteiger partial charge on any atom is -0.381 e. The quantitative estimate of drug-likeness (QED) is 0.922. The minimum absolute atomic E-state index is 0.684. The van der Waals surface area contributed by atoms with E-state index in [-0.39, 0.29) is 0 Å². The first kappa shape index (κ1) is 13.5. The van der Waals surface area contributed by atoms with E-state index >= 15 is 0 Å². The average molecular weight is 315 g/mol. The Labute approximate surface area is 116 Å². The molecule has 0 aromatic carbocycles. The lowest BCUT2D eigenvalue weighted by atomic mass is 10.00. The molecule has 0 bridgehead atoms. The zero-order valence-electron chi connectivity index (χ0n) is 10.8. The zero-order chi connectivity index (χ0) is 13.0. The Balaban J connectivity index is 2.05. The molecular formula is C12H19BrN4O. The van der Waals surface area contributed by atoms with Crippen LogP contribution in [0.25, 0.3) is 0 Å². The third-order valence-electron chi connectivity index (χ3n) is 3.24. The van der Waals surface area contributed by atoms with Crippen LogP contribution in [0.3, 0.4) is 0 Å². The first-order valence-corrected chi connectivity index (χ1v) is 6.98. The molecule has 1 fully saturated rings. The maximum atomic E-state index is 5.38. The molecule has 1 saturated heterocycles. The molecule has 2 rings (SSSR count). The fraction of sp³-hybridized carbons (Fsp3) is 0.667. The second kappa shape index (κ2) is 6.33. The lowest BCUT2D eigenvalue weighted by Gasteiger charge is -2.28. The number of halogens is 1. The zero-order valence-corrected chi connectivity index (χ0v) is 12.4. The summed E-state index contributed by atoms with van der Waals surface area (Å²) in [4.78, 5) is 10.7. The van der Waals surface area contributed by atoms with Gasteiger partial charge in [-0.2, -0.15) is 0 Å². The Kier molecular flexibility index (Phi) is 4.77. The van der Waals surface area contributed by atoms with Gasteiger partial charge in [-0.15, -0.1) is 0 Å². The van der Waals surface area contributed by atoms with Crippen molar-refractivity contribution in [3.05, 3.63) is 10.8 Å². The molecule has 1 N–H and O–H groups in total. The first-order valence-electron chi connectivity index (χ1n) is 6.19. The van der Waals surface area contributed by atoms with E-state index in [4.69, 9.17) is 4.74 Å². The van der Waals surface area contributed by atoms with Gasteiger partial charge in [0.2, 0.25) is 0 Å². The molecule has 0 amide bonds. The van der Waals surface area contributed by atoms with E-state index < -0.39 is 0 Å². The van der Waals surface area contributed by atoms with Crippen LogP contribution in [0.5, 0.6) is 0 Å². The van der Waals surface area contributed by atoms with Crippen molar-refractivity contribution in [1.29, 1.82) is 0 Å². The van der Waals surface area contributed by atoms with E-state index in [1.165, 1.54) is 0 Å². The number of nitrogens with one attached hydrogen (secondary N) is 1. The molecule has 2 heterocycles. The molecule has 0 aliphatic carbocycles. The molecule has 18 heavy (non-hydrogen) atoms. The highest BCUT2D eigenvalue weighted by Crippen LogP contribution is 2.29. The molecule has 0 atom stereocenters. The predicted octanol–water partition coefficient (Wildman–Crippen LogP) is 2.14. The Morgan fingerprint density at radius 3 is 2.83 bits per heavy atom. The highest BCUT2D eigenvalue weighted by Gasteiger charge is 2.18. The van der Waals surface area contributed by atoms with Crippen LogP contribution in [0.1, 0.15) is 12.8 Å². The van der Waals surface area contributed by atoms with Gasteiger partial charge < -0.3 is 15.0 Å². The molecule has 0 spiro atoms. The van der Waals surface area contributed by atoms with Gasteiger partial charge in [0, 0.05) is 33.9 Å². The molecule has 0 unspecified atom stereocenters. The smallest absolute Gasteiger partial charge is 0.148 e. The molecule has 1 aromatic rings. The highest BCUT2D eigenvalue weighted by atomic mass is 79.9. The van der Waals surface area contributed by atoms with Gasteiger partial charge in [-0.1, -0.05) is 0 Å². The standard InChI is InChI=1S/C12H19BrN4O/c1-14-11-10(13)12(16-8-15-11)17(2)7-9-3-5-18-6-4-9/h8-9H,3-7H2,1-2H3,(H,14,15,16). The lowest BCUT2D eigenvalue weighted by Crippen LogP contribution is -2.30. The molecular weight excluding hydrogens is 296 g/mol. The molecule has 5 nitrogen and oxygen atoms in total. The first-order chi connectivity index (χ1) is 8.72. The molecule has 0 radical (unpaired) electrons. The number of anilines is 2. The minimum atomic E-state index is 0.684. The summed E-state index contributed by atoms with van der Waals surface area (Å²) in [5.74, 6) is 2.43. The van der Waals surface area contributed by atoms with E-state index in [0.717, 1.165) is 48.7 Å². The molecule has 100 valence electrons. The van der Waals surface area contributed by atoms with Crippen molar-refractivity contribution < 1.29 is 4.74 Å². The van der Waals surface area contributed by atoms with Gasteiger partial charge in [0.25, 0.3) is 0 Å². The van der Waals surface area contributed by atoms with E-state index in [0.29, 0.717) is 5.92 Å². The summed E-state index contributed by atoms with van der Waals surface area (Å²) in [7, 11) is 3.93. The van der Waals surface area contributed by atoms with Crippen LogP contribution in [0, 0.1) is 5.92 Å². The number of rotatable bonds is 4. The van der Waals surface area contributed by atoms with Crippen molar-refractivity contribution in [3.8, 4) is 0 Å². The van der Waals surface area contributed by atoms with Crippen LogP contribution in [-0.2, 0) is 4.74 Å². The third-order valence-corrected chi connectivity index (χ3v) is 3.97. The summed E-state index contributed by atoms with van der Waals surface area (Å²) < 4.78 is 6.30. The fourth-order valence-electron chi connectivity index (χ4n) is 2.20. The van der Waals surface area contributed by atoms with Crippen molar-refractivity contribution in [2.75, 3.05) is 44.1 Å². The maximum absolute atomic E-state index is 5.38. The van der Waals surface area contributed by atoms with Gasteiger partial charge in [0.15, 0.2) is 0 Å². The topological polar surface area (TPSA) is 50.3 Å². The van der Waals surface area contributed by atoms with E-state index in [1.807, 2.05) is 7.05 Å². The summed E-state index contributed by atoms with van der Waals surface area (Å²) in [6, 6.07) is 0. The van der Waals surface area contributed by atoms with Crippen molar-refractivity contribution in [1.82, 2.24) is 9.97 Å². The number of aromatic nitrogens is 2. The monoisotopic (exact) mass is 314 g/mol. The second-order valence-corrected chi connectivity index (χ2v) is 5.34. The van der Waals surface area contributed by atoms with Crippen molar-refractivity contribution in [2.24, 2.45) is 5.92 Å². The SMILES string of the molecule is CNc1ncnc(N(C)CC2CCOCC2)c1Br. The van der Waals surface area contributed by atoms with Gasteiger partial charge in [-0.05, 0) is 34.7 Å². The summed E-state index contributed by atoms with van der Waals surface area (Å²) >= 11 is 3.55. The van der Waals surface area contributed by atoms with Crippen LogP contribution < -0.4 is 10.2 Å². The Hall–Kier alpha value is -0.880. The predicted molar refractivity (Wildman–Crippen MR) is 76.1 cm³/mol. The molecule has 1 aliphatic heterocycles. The number of ether oxygens (including phenoxy) is 1. The second-order valence-electron chi connectivity index (χ2n) is 4.55. The molecule has 1 aliphatic rings. The van der Waals surface area contributed by atoms with Crippen LogP contribution in [-0.4, -0.2) is 43.8 Å². The summed E-state index contributed by atoms with van der Waals surface area (Å²) in [5.41, 5.74) is 0. The average Bonchev–Trinajstić information content (AvgIpc) is 2.40. The van der Waals surface area contributed by atoms with Crippen molar-refractivity contribution in [2.45, 2.75) is 12.8 Å². The van der Waals surface area contributed by atoms with Crippen LogP contribution in [0.2, 0.25) is 0 Å². The molecule has 6 heteroatoms. The van der Waals surface area contributed by atoms with Gasteiger partial charge in [0.1, 0.15) is 22.4 Å². The van der Waals surface area contributed by atoms with Gasteiger partial charge >= 0.3 is 0 Å². The van der Waals surface area contributed by atoms with Crippen molar-refractivity contribution in [3.63, 3.8) is 0 Å². The number of nitrogens with zero attached hydrogens (tertiary/aromatic N) is 3. The summed E-state index contributed by atoms with van der Waals surface area (Å²) in [6.07, 6.45) is 3.85. The summed E-state index contributed by atoms with van der Waals surface area (Å²) in [6.45, 7) is 2.76. The highest BCUT2D eigenvalue weighted by molar-refractivity contribution is 9.10. The van der Waals surface area contributed by atoms with E-state index in [9.17, 15) is 0 Å². The maximum Gasteiger partial charge on any atom is 0.148 e. The Bertz CT molecular complexity index is 396. The summed E-state index contributed by atoms with van der Waals surface area (Å²) in [5, 5.41) is 3.05. The van der Waals surface area contributed by atoms with E-state index in [2.05, 4.69) is 43.2 Å². The molecule has 1 aromatic heterocycles. The molecule has 0 saturated carbocycles. The Morgan fingerprint density at radius 1 is 1.44 bits per heavy atom. The number of hydrogen-bond donors (Lipinski definition) is 1. The fourth-order valence-corrected chi connectivity index (χ4v) is 2.91. The van der Waals surface area contributed by atoms with Crippen molar-refractivity contribution >= 4 is 27.6 Å². The Morgan fingerprint density at radius 2 is 2.17 bits per heavy atom. The van der Waals surface area contributed by atoms with Crippen LogP contribution >= 0.6 is 15.9 Å². The van der Waals surface area contributed by atoms with Gasteiger partial charge in [-0.25, -0.2) is 9.97 Å². The van der Waals surface area contributed by atoms with Gasteiger partial charge in [0.05, 0.1) is 0 Å². The van der Waals surface area contributed by atoms with E-state index in [1.54, 1.807) is 6.33 Å².